The summed E-state index contributed by atoms with van der Waals surface area (Å²) < 4.78 is 5.98. The molecule has 0 aliphatic heterocycles. The van der Waals surface area contributed by atoms with Gasteiger partial charge in [0.15, 0.2) is 0 Å². The Labute approximate surface area is 112 Å². The van der Waals surface area contributed by atoms with Crippen molar-refractivity contribution in [2.75, 3.05) is 5.73 Å². The van der Waals surface area contributed by atoms with E-state index in [0.29, 0.717) is 0 Å². The first-order chi connectivity index (χ1) is 8.47. The number of ether oxygens (including phenoxy) is 1. The predicted molar refractivity (Wildman–Crippen MR) is 76.0 cm³/mol. The number of nitrogen functional groups attached to an aromatic ring is 1. The number of benzene rings is 2. The molecule has 2 rings (SSSR count). The SMILES string of the molecule is CC(C)(Oc1ccc(N)cc1)c1ccc(Cl)cc1. The molecule has 94 valence electrons. The van der Waals surface area contributed by atoms with Crippen LogP contribution in [0.15, 0.2) is 48.5 Å². The van der Waals surface area contributed by atoms with Gasteiger partial charge in [-0.15, -0.1) is 0 Å². The van der Waals surface area contributed by atoms with Crippen LogP contribution in [0, 0.1) is 0 Å². The highest BCUT2D eigenvalue weighted by atomic mass is 35.5. The summed E-state index contributed by atoms with van der Waals surface area (Å²) in [7, 11) is 0. The van der Waals surface area contributed by atoms with Gasteiger partial charge in [0.2, 0.25) is 0 Å². The summed E-state index contributed by atoms with van der Waals surface area (Å²) in [6.07, 6.45) is 0. The van der Waals surface area contributed by atoms with Crippen molar-refractivity contribution in [1.82, 2.24) is 0 Å². The van der Waals surface area contributed by atoms with Crippen LogP contribution in [0.1, 0.15) is 19.4 Å². The first-order valence-electron chi connectivity index (χ1n) is 5.78. The second-order valence-electron chi connectivity index (χ2n) is 4.69. The van der Waals surface area contributed by atoms with Gasteiger partial charge in [-0.3, -0.25) is 0 Å². The van der Waals surface area contributed by atoms with Crippen LogP contribution in [0.25, 0.3) is 0 Å². The van der Waals surface area contributed by atoms with E-state index < -0.39 is 5.60 Å². The van der Waals surface area contributed by atoms with Crippen molar-refractivity contribution in [1.29, 1.82) is 0 Å². The molecule has 2 nitrogen and oxygen atoms in total. The van der Waals surface area contributed by atoms with E-state index >= 15 is 0 Å². The second kappa shape index (κ2) is 4.91. The summed E-state index contributed by atoms with van der Waals surface area (Å²) in [5, 5.41) is 0.724. The van der Waals surface area contributed by atoms with Crippen molar-refractivity contribution in [2.24, 2.45) is 0 Å². The zero-order chi connectivity index (χ0) is 13.2. The Balaban J connectivity index is 2.20. The van der Waals surface area contributed by atoms with Gasteiger partial charge in [0.25, 0.3) is 0 Å². The highest BCUT2D eigenvalue weighted by Gasteiger charge is 2.22. The van der Waals surface area contributed by atoms with E-state index in [0.717, 1.165) is 22.0 Å². The molecule has 0 aromatic heterocycles. The summed E-state index contributed by atoms with van der Waals surface area (Å²) in [4.78, 5) is 0. The number of anilines is 1. The first-order valence-corrected chi connectivity index (χ1v) is 6.16. The lowest BCUT2D eigenvalue weighted by Gasteiger charge is -2.27. The second-order valence-corrected chi connectivity index (χ2v) is 5.12. The predicted octanol–water partition coefficient (Wildman–Crippen LogP) is 4.24. The molecule has 2 aromatic rings. The molecule has 0 aliphatic carbocycles. The van der Waals surface area contributed by atoms with Crippen LogP contribution in [0.3, 0.4) is 0 Å². The lowest BCUT2D eigenvalue weighted by Crippen LogP contribution is -2.25. The smallest absolute Gasteiger partial charge is 0.128 e. The summed E-state index contributed by atoms with van der Waals surface area (Å²) >= 11 is 5.88. The summed E-state index contributed by atoms with van der Waals surface area (Å²) in [5.41, 5.74) is 7.03. The van der Waals surface area contributed by atoms with Crippen molar-refractivity contribution >= 4 is 17.3 Å². The van der Waals surface area contributed by atoms with Crippen molar-refractivity contribution in [2.45, 2.75) is 19.4 Å². The molecule has 0 fully saturated rings. The summed E-state index contributed by atoms with van der Waals surface area (Å²) in [5.74, 6) is 0.796. The highest BCUT2D eigenvalue weighted by molar-refractivity contribution is 6.30. The maximum atomic E-state index is 5.98. The van der Waals surface area contributed by atoms with E-state index in [1.165, 1.54) is 0 Å². The lowest BCUT2D eigenvalue weighted by molar-refractivity contribution is 0.109. The third-order valence-electron chi connectivity index (χ3n) is 2.79. The Bertz CT molecular complexity index is 517. The van der Waals surface area contributed by atoms with Crippen LogP contribution in [0.2, 0.25) is 5.02 Å². The molecule has 0 saturated carbocycles. The summed E-state index contributed by atoms with van der Waals surface area (Å²) in [6, 6.07) is 15.1. The highest BCUT2D eigenvalue weighted by Crippen LogP contribution is 2.28. The van der Waals surface area contributed by atoms with Gasteiger partial charge in [-0.25, -0.2) is 0 Å². The molecule has 0 radical (unpaired) electrons. The van der Waals surface area contributed by atoms with Gasteiger partial charge in [0.1, 0.15) is 11.4 Å². The van der Waals surface area contributed by atoms with Crippen LogP contribution in [-0.4, -0.2) is 0 Å². The maximum absolute atomic E-state index is 5.98. The molecule has 0 aliphatic rings. The number of hydrogen-bond acceptors (Lipinski definition) is 2. The molecule has 0 heterocycles. The normalized spacial score (nSPS) is 11.3. The van der Waals surface area contributed by atoms with Crippen molar-refractivity contribution in [3.8, 4) is 5.75 Å². The first kappa shape index (κ1) is 12.8. The van der Waals surface area contributed by atoms with Gasteiger partial charge in [-0.2, -0.15) is 0 Å². The Hall–Kier alpha value is -1.67. The molecule has 2 aromatic carbocycles. The number of hydrogen-bond donors (Lipinski definition) is 1. The van der Waals surface area contributed by atoms with E-state index in [1.54, 1.807) is 0 Å². The Morgan fingerprint density at radius 1 is 0.944 bits per heavy atom. The summed E-state index contributed by atoms with van der Waals surface area (Å²) in [6.45, 7) is 4.04. The topological polar surface area (TPSA) is 35.2 Å². The molecular formula is C15H16ClNO. The fraction of sp³-hybridized carbons (Fsp3) is 0.200. The Morgan fingerprint density at radius 2 is 1.50 bits per heavy atom. The van der Waals surface area contributed by atoms with Crippen LogP contribution in [0.5, 0.6) is 5.75 Å². The molecule has 3 heteroatoms. The zero-order valence-electron chi connectivity index (χ0n) is 10.5. The molecule has 0 saturated heterocycles. The fourth-order valence-corrected chi connectivity index (χ4v) is 1.87. The van der Waals surface area contributed by atoms with Crippen LogP contribution < -0.4 is 10.5 Å². The molecule has 0 spiro atoms. The van der Waals surface area contributed by atoms with Gasteiger partial charge < -0.3 is 10.5 Å². The van der Waals surface area contributed by atoms with Crippen molar-refractivity contribution in [3.63, 3.8) is 0 Å². The quantitative estimate of drug-likeness (QED) is 0.839. The maximum Gasteiger partial charge on any atom is 0.128 e. The van der Waals surface area contributed by atoms with Gasteiger partial charge in [-0.05, 0) is 55.8 Å². The minimum atomic E-state index is -0.416. The van der Waals surface area contributed by atoms with E-state index in [4.69, 9.17) is 22.1 Å². The van der Waals surface area contributed by atoms with Gasteiger partial charge in [0.05, 0.1) is 0 Å². The molecule has 0 unspecified atom stereocenters. The number of rotatable bonds is 3. The number of halogens is 1. The lowest BCUT2D eigenvalue weighted by atomic mass is 9.98. The molecule has 0 bridgehead atoms. The minimum Gasteiger partial charge on any atom is -0.483 e. The molecule has 18 heavy (non-hydrogen) atoms. The van der Waals surface area contributed by atoms with Crippen LogP contribution >= 0.6 is 11.6 Å². The minimum absolute atomic E-state index is 0.416. The monoisotopic (exact) mass is 261 g/mol. The third kappa shape index (κ3) is 2.96. The Morgan fingerprint density at radius 3 is 2.06 bits per heavy atom. The Kier molecular flexibility index (Phi) is 3.48. The zero-order valence-corrected chi connectivity index (χ0v) is 11.2. The van der Waals surface area contributed by atoms with Crippen LogP contribution in [0.4, 0.5) is 5.69 Å². The van der Waals surface area contributed by atoms with E-state index in [2.05, 4.69) is 0 Å². The van der Waals surface area contributed by atoms with E-state index in [1.807, 2.05) is 62.4 Å². The molecule has 0 atom stereocenters. The third-order valence-corrected chi connectivity index (χ3v) is 3.04. The van der Waals surface area contributed by atoms with E-state index in [9.17, 15) is 0 Å². The van der Waals surface area contributed by atoms with Gasteiger partial charge in [-0.1, -0.05) is 23.7 Å². The largest absolute Gasteiger partial charge is 0.483 e. The number of nitrogens with two attached hydrogens (primary N) is 1. The standard InChI is InChI=1S/C15H16ClNO/c1-15(2,11-3-5-12(16)6-4-11)18-14-9-7-13(17)8-10-14/h3-10H,17H2,1-2H3. The van der Waals surface area contributed by atoms with Crippen LogP contribution in [-0.2, 0) is 5.60 Å². The van der Waals surface area contributed by atoms with Gasteiger partial charge >= 0.3 is 0 Å². The van der Waals surface area contributed by atoms with Crippen molar-refractivity contribution < 1.29 is 4.74 Å². The average Bonchev–Trinajstić information content (AvgIpc) is 2.32. The molecule has 2 N–H and O–H groups in total. The molecular weight excluding hydrogens is 246 g/mol. The van der Waals surface area contributed by atoms with Crippen molar-refractivity contribution in [3.05, 3.63) is 59.1 Å². The van der Waals surface area contributed by atoms with E-state index in [-0.39, 0.29) is 0 Å². The molecule has 0 amide bonds. The average molecular weight is 262 g/mol. The fourth-order valence-electron chi connectivity index (χ4n) is 1.74. The van der Waals surface area contributed by atoms with Gasteiger partial charge in [0, 0.05) is 10.7 Å².